The number of hydrogen-bond acceptors (Lipinski definition) is 3. The van der Waals surface area contributed by atoms with Crippen LogP contribution in [0.25, 0.3) is 0 Å². The van der Waals surface area contributed by atoms with Crippen molar-refractivity contribution in [3.8, 4) is 0 Å². The van der Waals surface area contributed by atoms with Crippen LogP contribution < -0.4 is 0 Å². The Morgan fingerprint density at radius 2 is 1.40 bits per heavy atom. The van der Waals surface area contributed by atoms with Crippen LogP contribution in [0.4, 0.5) is 26.9 Å². The summed E-state index contributed by atoms with van der Waals surface area (Å²) in [5.74, 6) is 0. The summed E-state index contributed by atoms with van der Waals surface area (Å²) in [6, 6.07) is -2.20. The summed E-state index contributed by atoms with van der Waals surface area (Å²) < 4.78 is 74.1. The molecule has 15 heavy (non-hydrogen) atoms. The standard InChI is InChI=1S/C6H9F6N3/c7-13(8)5-3-1-2-4-6(5,14(9)10)15(11)12/h5H,1-4H2. The summed E-state index contributed by atoms with van der Waals surface area (Å²) in [5, 5.41) is -5.23. The molecule has 0 saturated heterocycles. The van der Waals surface area contributed by atoms with Gasteiger partial charge in [0.1, 0.15) is 6.04 Å². The van der Waals surface area contributed by atoms with Crippen LogP contribution in [-0.2, 0) is 0 Å². The molecule has 0 radical (unpaired) electrons. The van der Waals surface area contributed by atoms with Gasteiger partial charge in [0.25, 0.3) is 0 Å². The highest BCUT2D eigenvalue weighted by atomic mass is 19.4. The minimum Gasteiger partial charge on any atom is -0.101 e. The number of hydrogen-bond donors (Lipinski definition) is 0. The molecule has 1 fully saturated rings. The molecule has 1 saturated carbocycles. The molecule has 0 heterocycles. The predicted molar refractivity (Wildman–Crippen MR) is 37.2 cm³/mol. The number of rotatable bonds is 3. The van der Waals surface area contributed by atoms with Gasteiger partial charge >= 0.3 is 0 Å². The predicted octanol–water partition coefficient (Wildman–Crippen LogP) is 2.84. The summed E-state index contributed by atoms with van der Waals surface area (Å²) >= 11 is 0. The van der Waals surface area contributed by atoms with Crippen molar-refractivity contribution in [1.29, 1.82) is 0 Å². The number of halogens is 6. The zero-order chi connectivity index (χ0) is 11.6. The summed E-state index contributed by atoms with van der Waals surface area (Å²) in [7, 11) is 0. The van der Waals surface area contributed by atoms with Crippen molar-refractivity contribution in [1.82, 2.24) is 16.0 Å². The molecule has 0 spiro atoms. The first kappa shape index (κ1) is 12.5. The third-order valence-electron chi connectivity index (χ3n) is 2.63. The van der Waals surface area contributed by atoms with E-state index in [4.69, 9.17) is 0 Å². The van der Waals surface area contributed by atoms with E-state index in [1.807, 2.05) is 0 Å². The monoisotopic (exact) mass is 237 g/mol. The van der Waals surface area contributed by atoms with Crippen molar-refractivity contribution >= 4 is 0 Å². The molecule has 1 unspecified atom stereocenters. The molecule has 0 bridgehead atoms. The molecule has 0 aliphatic heterocycles. The fraction of sp³-hybridized carbons (Fsp3) is 1.00. The Bertz CT molecular complexity index is 203. The van der Waals surface area contributed by atoms with Crippen molar-refractivity contribution in [3.05, 3.63) is 0 Å². The lowest BCUT2D eigenvalue weighted by molar-refractivity contribution is -0.413. The Labute approximate surface area is 81.4 Å². The van der Waals surface area contributed by atoms with Gasteiger partial charge in [-0.2, -0.15) is 0 Å². The topological polar surface area (TPSA) is 9.72 Å². The van der Waals surface area contributed by atoms with Crippen molar-refractivity contribution in [2.75, 3.05) is 0 Å². The molecule has 3 nitrogen and oxygen atoms in total. The molecule has 1 aliphatic rings. The van der Waals surface area contributed by atoms with E-state index in [1.54, 1.807) is 0 Å². The van der Waals surface area contributed by atoms with Crippen LogP contribution in [0.5, 0.6) is 0 Å². The second-order valence-corrected chi connectivity index (χ2v) is 3.37. The van der Waals surface area contributed by atoms with Gasteiger partial charge in [0.05, 0.1) is 0 Å². The lowest BCUT2D eigenvalue weighted by atomic mass is 9.85. The molecule has 0 amide bonds. The molecule has 0 aromatic rings. The first-order chi connectivity index (χ1) is 6.93. The van der Waals surface area contributed by atoms with Crippen molar-refractivity contribution in [3.63, 3.8) is 0 Å². The highest BCUT2D eigenvalue weighted by Crippen LogP contribution is 2.41. The van der Waals surface area contributed by atoms with Crippen LogP contribution in [0, 0.1) is 0 Å². The second-order valence-electron chi connectivity index (χ2n) is 3.37. The van der Waals surface area contributed by atoms with Gasteiger partial charge in [0.2, 0.25) is 5.66 Å². The van der Waals surface area contributed by atoms with Crippen LogP contribution in [0.2, 0.25) is 0 Å². The van der Waals surface area contributed by atoms with Crippen molar-refractivity contribution in [2.24, 2.45) is 0 Å². The van der Waals surface area contributed by atoms with Crippen molar-refractivity contribution < 1.29 is 26.9 Å². The third kappa shape index (κ3) is 2.04. The summed E-state index contributed by atoms with van der Waals surface area (Å²) in [5.41, 5.74) is -3.21. The molecule has 1 rings (SSSR count). The van der Waals surface area contributed by atoms with E-state index in [-0.39, 0.29) is 12.8 Å². The van der Waals surface area contributed by atoms with E-state index in [1.165, 1.54) is 0 Å². The van der Waals surface area contributed by atoms with Crippen LogP contribution >= 0.6 is 0 Å². The van der Waals surface area contributed by atoms with E-state index in [2.05, 4.69) is 0 Å². The van der Waals surface area contributed by atoms with E-state index in [0.717, 1.165) is 0 Å². The van der Waals surface area contributed by atoms with E-state index in [9.17, 15) is 26.9 Å². The molecule has 1 atom stereocenters. The number of nitrogens with zero attached hydrogens (tertiary/aromatic N) is 3. The van der Waals surface area contributed by atoms with Crippen molar-refractivity contribution in [2.45, 2.75) is 37.4 Å². The van der Waals surface area contributed by atoms with Crippen LogP contribution in [0.3, 0.4) is 0 Å². The smallest absolute Gasteiger partial charge is 0.101 e. The first-order valence-corrected chi connectivity index (χ1v) is 4.27. The fourth-order valence-corrected chi connectivity index (χ4v) is 1.83. The molecule has 90 valence electrons. The molecule has 9 heteroatoms. The van der Waals surface area contributed by atoms with E-state index < -0.39 is 40.6 Å². The summed E-state index contributed by atoms with van der Waals surface area (Å²) in [6.45, 7) is 0. The van der Waals surface area contributed by atoms with Crippen LogP contribution in [0.1, 0.15) is 25.7 Å². The Kier molecular flexibility index (Phi) is 3.79. The zero-order valence-electron chi connectivity index (χ0n) is 7.52. The minimum atomic E-state index is -3.21. The van der Waals surface area contributed by atoms with Gasteiger partial charge < -0.3 is 0 Å². The SMILES string of the molecule is FN(F)C1CCCCC1(N(F)F)N(F)F. The average Bonchev–Trinajstić information content (AvgIpc) is 2.16. The first-order valence-electron chi connectivity index (χ1n) is 4.27. The Balaban J connectivity index is 2.99. The van der Waals surface area contributed by atoms with E-state index in [0.29, 0.717) is 0 Å². The highest BCUT2D eigenvalue weighted by molar-refractivity contribution is 4.93. The molecule has 1 aliphatic carbocycles. The zero-order valence-corrected chi connectivity index (χ0v) is 7.52. The lowest BCUT2D eigenvalue weighted by Gasteiger charge is -2.41. The lowest BCUT2D eigenvalue weighted by Crippen LogP contribution is -2.62. The largest absolute Gasteiger partial charge is 0.216 e. The quantitative estimate of drug-likeness (QED) is 0.424. The Hall–Kier alpha value is -0.540. The van der Waals surface area contributed by atoms with Crippen LogP contribution in [-0.4, -0.2) is 27.7 Å². The molecular weight excluding hydrogens is 228 g/mol. The van der Waals surface area contributed by atoms with Gasteiger partial charge in [-0.3, -0.25) is 0 Å². The average molecular weight is 237 g/mol. The normalized spacial score (nSPS) is 26.6. The molecular formula is C6H9F6N3. The van der Waals surface area contributed by atoms with Gasteiger partial charge in [-0.1, -0.05) is 24.3 Å². The highest BCUT2D eigenvalue weighted by Gasteiger charge is 2.58. The molecule has 0 aromatic heterocycles. The Morgan fingerprint density at radius 1 is 0.867 bits per heavy atom. The molecule has 0 aromatic carbocycles. The van der Waals surface area contributed by atoms with Gasteiger partial charge in [-0.15, -0.1) is 8.96 Å². The molecule has 0 N–H and O–H groups in total. The van der Waals surface area contributed by atoms with Crippen LogP contribution in [0.15, 0.2) is 0 Å². The van der Waals surface area contributed by atoms with Gasteiger partial charge in [0.15, 0.2) is 0 Å². The second kappa shape index (κ2) is 4.54. The van der Waals surface area contributed by atoms with Gasteiger partial charge in [-0.05, 0) is 19.3 Å². The third-order valence-corrected chi connectivity index (χ3v) is 2.63. The maximum absolute atomic E-state index is 12.4. The van der Waals surface area contributed by atoms with E-state index >= 15 is 0 Å². The van der Waals surface area contributed by atoms with Gasteiger partial charge in [-0.25, -0.2) is 0 Å². The van der Waals surface area contributed by atoms with Gasteiger partial charge in [0, 0.05) is 16.0 Å². The fourth-order valence-electron chi connectivity index (χ4n) is 1.83. The summed E-state index contributed by atoms with van der Waals surface area (Å²) in [6.07, 6.45) is -0.832. The Morgan fingerprint density at radius 3 is 1.73 bits per heavy atom. The maximum Gasteiger partial charge on any atom is 0.216 e. The maximum atomic E-state index is 12.4. The summed E-state index contributed by atoms with van der Waals surface area (Å²) in [4.78, 5) is 0. The minimum absolute atomic E-state index is 0.0546.